The van der Waals surface area contributed by atoms with Crippen LogP contribution in [0.4, 0.5) is 0 Å². The molecule has 0 heterocycles. The van der Waals surface area contributed by atoms with Crippen molar-refractivity contribution < 1.29 is 9.47 Å². The van der Waals surface area contributed by atoms with Crippen LogP contribution in [0.15, 0.2) is 18.2 Å². The molecule has 1 aromatic rings. The van der Waals surface area contributed by atoms with Gasteiger partial charge in [0.15, 0.2) is 0 Å². The molecule has 0 saturated carbocycles. The lowest BCUT2D eigenvalue weighted by atomic mass is 10.0. The minimum absolute atomic E-state index is 0.234. The second-order valence-corrected chi connectivity index (χ2v) is 4.44. The van der Waals surface area contributed by atoms with Gasteiger partial charge in [-0.2, -0.15) is 0 Å². The normalized spacial score (nSPS) is 12.6. The maximum atomic E-state index is 5.86. The summed E-state index contributed by atoms with van der Waals surface area (Å²) in [7, 11) is 7.42. The van der Waals surface area contributed by atoms with Crippen molar-refractivity contribution in [2.45, 2.75) is 12.5 Å². The van der Waals surface area contributed by atoms with Crippen LogP contribution in [0.2, 0.25) is 0 Å². The fourth-order valence-electron chi connectivity index (χ4n) is 1.90. The first-order chi connectivity index (χ1) is 8.13. The Hall–Kier alpha value is -0.930. The number of halogens is 1. The molecule has 0 aliphatic heterocycles. The molecule has 0 aliphatic rings. The van der Waals surface area contributed by atoms with Crippen molar-refractivity contribution in [1.82, 2.24) is 4.90 Å². The molecule has 1 aromatic carbocycles. The quantitative estimate of drug-likeness (QED) is 0.732. The monoisotopic (exact) mass is 257 g/mol. The molecule has 1 rings (SSSR count). The minimum Gasteiger partial charge on any atom is -0.497 e. The van der Waals surface area contributed by atoms with E-state index in [1.165, 1.54) is 0 Å². The smallest absolute Gasteiger partial charge is 0.123 e. The highest BCUT2D eigenvalue weighted by Crippen LogP contribution is 2.33. The number of ether oxygens (including phenoxy) is 2. The van der Waals surface area contributed by atoms with Crippen molar-refractivity contribution in [2.24, 2.45) is 0 Å². The zero-order valence-electron chi connectivity index (χ0n) is 10.9. The molecule has 96 valence electrons. The lowest BCUT2D eigenvalue weighted by molar-refractivity contribution is 0.281. The van der Waals surface area contributed by atoms with E-state index in [2.05, 4.69) is 4.90 Å². The molecule has 3 nitrogen and oxygen atoms in total. The molecule has 0 fully saturated rings. The summed E-state index contributed by atoms with van der Waals surface area (Å²) in [5, 5.41) is 0. The van der Waals surface area contributed by atoms with E-state index in [0.717, 1.165) is 23.5 Å². The molecule has 1 atom stereocenters. The molecule has 17 heavy (non-hydrogen) atoms. The summed E-state index contributed by atoms with van der Waals surface area (Å²) in [6.45, 7) is 0. The van der Waals surface area contributed by atoms with Crippen LogP contribution < -0.4 is 9.47 Å². The zero-order valence-corrected chi connectivity index (χ0v) is 11.6. The van der Waals surface area contributed by atoms with Gasteiger partial charge in [-0.25, -0.2) is 0 Å². The Morgan fingerprint density at radius 1 is 1.24 bits per heavy atom. The Balaban J connectivity index is 3.13. The van der Waals surface area contributed by atoms with Gasteiger partial charge in [-0.05, 0) is 38.7 Å². The van der Waals surface area contributed by atoms with Crippen LogP contribution in [0.3, 0.4) is 0 Å². The summed E-state index contributed by atoms with van der Waals surface area (Å²) < 4.78 is 10.7. The van der Waals surface area contributed by atoms with Crippen LogP contribution in [0, 0.1) is 0 Å². The van der Waals surface area contributed by atoms with E-state index in [-0.39, 0.29) is 6.04 Å². The molecule has 0 saturated heterocycles. The van der Waals surface area contributed by atoms with Crippen LogP contribution in [0.5, 0.6) is 11.5 Å². The van der Waals surface area contributed by atoms with Crippen molar-refractivity contribution in [3.63, 3.8) is 0 Å². The first-order valence-electron chi connectivity index (χ1n) is 5.58. The molecule has 0 N–H and O–H groups in total. The van der Waals surface area contributed by atoms with Gasteiger partial charge >= 0.3 is 0 Å². The number of nitrogens with zero attached hydrogens (tertiary/aromatic N) is 1. The number of hydrogen-bond acceptors (Lipinski definition) is 3. The SMILES string of the molecule is COc1ccc(OC)c(C(CCCl)N(C)C)c1. The Bertz CT molecular complexity index is 355. The lowest BCUT2D eigenvalue weighted by Gasteiger charge is -2.26. The van der Waals surface area contributed by atoms with Crippen LogP contribution in [-0.2, 0) is 0 Å². The second-order valence-electron chi connectivity index (χ2n) is 4.06. The van der Waals surface area contributed by atoms with Gasteiger partial charge in [0.1, 0.15) is 11.5 Å². The van der Waals surface area contributed by atoms with Gasteiger partial charge in [-0.3, -0.25) is 0 Å². The van der Waals surface area contributed by atoms with E-state index in [4.69, 9.17) is 21.1 Å². The van der Waals surface area contributed by atoms with Crippen molar-refractivity contribution in [1.29, 1.82) is 0 Å². The Morgan fingerprint density at radius 2 is 1.94 bits per heavy atom. The summed E-state index contributed by atoms with van der Waals surface area (Å²) >= 11 is 5.86. The van der Waals surface area contributed by atoms with Crippen molar-refractivity contribution in [3.05, 3.63) is 23.8 Å². The summed E-state index contributed by atoms with van der Waals surface area (Å²) in [6, 6.07) is 6.07. The van der Waals surface area contributed by atoms with Crippen LogP contribution in [-0.4, -0.2) is 39.1 Å². The van der Waals surface area contributed by atoms with E-state index in [9.17, 15) is 0 Å². The fourth-order valence-corrected chi connectivity index (χ4v) is 2.10. The Morgan fingerprint density at radius 3 is 2.41 bits per heavy atom. The lowest BCUT2D eigenvalue weighted by Crippen LogP contribution is -2.21. The van der Waals surface area contributed by atoms with Crippen molar-refractivity contribution in [2.75, 3.05) is 34.2 Å². The molecule has 0 aliphatic carbocycles. The van der Waals surface area contributed by atoms with Crippen LogP contribution >= 0.6 is 11.6 Å². The summed E-state index contributed by atoms with van der Waals surface area (Å²) in [5.41, 5.74) is 1.11. The summed E-state index contributed by atoms with van der Waals surface area (Å²) in [5.74, 6) is 2.32. The van der Waals surface area contributed by atoms with Gasteiger partial charge in [-0.1, -0.05) is 0 Å². The highest BCUT2D eigenvalue weighted by Gasteiger charge is 2.18. The summed E-state index contributed by atoms with van der Waals surface area (Å²) in [4.78, 5) is 2.14. The maximum Gasteiger partial charge on any atom is 0.123 e. The molecule has 0 aromatic heterocycles. The van der Waals surface area contributed by atoms with Gasteiger partial charge < -0.3 is 14.4 Å². The van der Waals surface area contributed by atoms with E-state index in [1.807, 2.05) is 32.3 Å². The molecular weight excluding hydrogens is 238 g/mol. The third kappa shape index (κ3) is 3.51. The van der Waals surface area contributed by atoms with Gasteiger partial charge in [-0.15, -0.1) is 11.6 Å². The van der Waals surface area contributed by atoms with E-state index >= 15 is 0 Å². The molecule has 1 unspecified atom stereocenters. The maximum absolute atomic E-state index is 5.86. The number of rotatable bonds is 6. The zero-order chi connectivity index (χ0) is 12.8. The van der Waals surface area contributed by atoms with Gasteiger partial charge in [0.25, 0.3) is 0 Å². The third-order valence-electron chi connectivity index (χ3n) is 2.80. The van der Waals surface area contributed by atoms with E-state index < -0.39 is 0 Å². The molecule has 4 heteroatoms. The number of hydrogen-bond donors (Lipinski definition) is 0. The predicted octanol–water partition coefficient (Wildman–Crippen LogP) is 2.94. The van der Waals surface area contributed by atoms with Crippen LogP contribution in [0.25, 0.3) is 0 Å². The first-order valence-corrected chi connectivity index (χ1v) is 6.11. The third-order valence-corrected chi connectivity index (χ3v) is 3.02. The number of alkyl halides is 1. The molecule has 0 radical (unpaired) electrons. The Labute approximate surface area is 108 Å². The first kappa shape index (κ1) is 14.1. The van der Waals surface area contributed by atoms with Gasteiger partial charge in [0.05, 0.1) is 14.2 Å². The summed E-state index contributed by atoms with van der Waals surface area (Å²) in [6.07, 6.45) is 0.873. The molecule has 0 bridgehead atoms. The van der Waals surface area contributed by atoms with Crippen LogP contribution in [0.1, 0.15) is 18.0 Å². The largest absolute Gasteiger partial charge is 0.497 e. The highest BCUT2D eigenvalue weighted by molar-refractivity contribution is 6.17. The Kier molecular flexibility index (Phi) is 5.59. The van der Waals surface area contributed by atoms with Gasteiger partial charge in [0, 0.05) is 17.5 Å². The number of methoxy groups -OCH3 is 2. The molecule has 0 amide bonds. The van der Waals surface area contributed by atoms with E-state index in [1.54, 1.807) is 14.2 Å². The minimum atomic E-state index is 0.234. The van der Waals surface area contributed by atoms with Crippen molar-refractivity contribution in [3.8, 4) is 11.5 Å². The highest BCUT2D eigenvalue weighted by atomic mass is 35.5. The number of benzene rings is 1. The predicted molar refractivity (Wildman–Crippen MR) is 71.3 cm³/mol. The second kappa shape index (κ2) is 6.72. The topological polar surface area (TPSA) is 21.7 Å². The molecule has 0 spiro atoms. The van der Waals surface area contributed by atoms with E-state index in [0.29, 0.717) is 5.88 Å². The van der Waals surface area contributed by atoms with Gasteiger partial charge in [0.2, 0.25) is 0 Å². The standard InChI is InChI=1S/C13H20ClNO2/c1-15(2)12(7-8-14)11-9-10(16-3)5-6-13(11)17-4/h5-6,9,12H,7-8H2,1-4H3. The van der Waals surface area contributed by atoms with Crippen molar-refractivity contribution >= 4 is 11.6 Å². The average Bonchev–Trinajstić information content (AvgIpc) is 2.34. The fraction of sp³-hybridized carbons (Fsp3) is 0.538. The molecular formula is C13H20ClNO2. The average molecular weight is 258 g/mol.